The van der Waals surface area contributed by atoms with E-state index in [1.165, 1.54) is 12.8 Å². The van der Waals surface area contributed by atoms with Gasteiger partial charge in [-0.15, -0.1) is 0 Å². The summed E-state index contributed by atoms with van der Waals surface area (Å²) in [6.07, 6.45) is 3.25. The molecular formula is C11H20N2O2. The van der Waals surface area contributed by atoms with E-state index in [0.29, 0.717) is 12.5 Å². The van der Waals surface area contributed by atoms with Crippen LogP contribution in [0.3, 0.4) is 0 Å². The van der Waals surface area contributed by atoms with Gasteiger partial charge in [0.05, 0.1) is 12.5 Å². The van der Waals surface area contributed by atoms with Gasteiger partial charge in [0.15, 0.2) is 0 Å². The lowest BCUT2D eigenvalue weighted by atomic mass is 9.98. The van der Waals surface area contributed by atoms with Crippen molar-refractivity contribution in [1.29, 1.82) is 0 Å². The van der Waals surface area contributed by atoms with Gasteiger partial charge in [-0.25, -0.2) is 0 Å². The predicted octanol–water partition coefficient (Wildman–Crippen LogP) is 0.139. The van der Waals surface area contributed by atoms with E-state index in [9.17, 15) is 4.79 Å². The molecule has 4 heteroatoms. The number of ether oxygens (including phenoxy) is 1. The zero-order valence-electron chi connectivity index (χ0n) is 9.13. The highest BCUT2D eigenvalue weighted by molar-refractivity contribution is 5.78. The Morgan fingerprint density at radius 3 is 2.80 bits per heavy atom. The van der Waals surface area contributed by atoms with Crippen LogP contribution in [0, 0.1) is 11.8 Å². The Labute approximate surface area is 90.8 Å². The molecule has 0 aromatic rings. The van der Waals surface area contributed by atoms with Crippen molar-refractivity contribution in [3.05, 3.63) is 0 Å². The Balaban J connectivity index is 1.65. The van der Waals surface area contributed by atoms with Gasteiger partial charge in [0, 0.05) is 13.2 Å². The quantitative estimate of drug-likeness (QED) is 0.699. The molecular weight excluding hydrogens is 192 g/mol. The topological polar surface area (TPSA) is 50.4 Å². The fourth-order valence-electron chi connectivity index (χ4n) is 2.22. The van der Waals surface area contributed by atoms with Crippen molar-refractivity contribution < 1.29 is 9.53 Å². The van der Waals surface area contributed by atoms with E-state index in [1.807, 2.05) is 0 Å². The summed E-state index contributed by atoms with van der Waals surface area (Å²) < 4.78 is 5.20. The summed E-state index contributed by atoms with van der Waals surface area (Å²) in [5.41, 5.74) is 0. The second-order valence-electron chi connectivity index (χ2n) is 4.50. The first kappa shape index (κ1) is 10.9. The lowest BCUT2D eigenvalue weighted by molar-refractivity contribution is -0.125. The Bertz CT molecular complexity index is 209. The molecule has 4 nitrogen and oxygen atoms in total. The first-order valence-electron chi connectivity index (χ1n) is 5.92. The molecule has 1 unspecified atom stereocenters. The first-order chi connectivity index (χ1) is 7.36. The first-order valence-corrected chi connectivity index (χ1v) is 5.92. The third-order valence-corrected chi connectivity index (χ3v) is 3.32. The third kappa shape index (κ3) is 3.18. The number of carbonyl (C=O) groups excluding carboxylic acids is 1. The lowest BCUT2D eigenvalue weighted by Gasteiger charge is -2.23. The minimum atomic E-state index is 0.103. The molecule has 2 rings (SSSR count). The molecule has 0 saturated carbocycles. The van der Waals surface area contributed by atoms with E-state index in [1.54, 1.807) is 0 Å². The smallest absolute Gasteiger partial charge is 0.225 e. The maximum Gasteiger partial charge on any atom is 0.225 e. The summed E-state index contributed by atoms with van der Waals surface area (Å²) in [5.74, 6) is 0.954. The molecule has 0 spiro atoms. The Morgan fingerprint density at radius 1 is 1.33 bits per heavy atom. The summed E-state index contributed by atoms with van der Waals surface area (Å²) in [6, 6.07) is 0. The van der Waals surface area contributed by atoms with Gasteiger partial charge in [0.1, 0.15) is 0 Å². The van der Waals surface area contributed by atoms with Gasteiger partial charge in [0.2, 0.25) is 5.91 Å². The van der Waals surface area contributed by atoms with Crippen LogP contribution in [0.5, 0.6) is 0 Å². The molecule has 86 valence electrons. The van der Waals surface area contributed by atoms with Gasteiger partial charge in [-0.1, -0.05) is 0 Å². The van der Waals surface area contributed by atoms with Crippen LogP contribution in [0.1, 0.15) is 19.3 Å². The second-order valence-corrected chi connectivity index (χ2v) is 4.50. The van der Waals surface area contributed by atoms with Crippen LogP contribution in [0.4, 0.5) is 0 Å². The van der Waals surface area contributed by atoms with Gasteiger partial charge < -0.3 is 15.4 Å². The fraction of sp³-hybridized carbons (Fsp3) is 0.909. The van der Waals surface area contributed by atoms with Crippen molar-refractivity contribution in [2.75, 3.05) is 32.8 Å². The van der Waals surface area contributed by atoms with E-state index in [-0.39, 0.29) is 11.8 Å². The monoisotopic (exact) mass is 212 g/mol. The molecule has 15 heavy (non-hydrogen) atoms. The minimum Gasteiger partial charge on any atom is -0.381 e. The molecule has 2 saturated heterocycles. The van der Waals surface area contributed by atoms with Gasteiger partial charge in [-0.2, -0.15) is 0 Å². The Hall–Kier alpha value is -0.610. The standard InChI is InChI=1S/C11H20N2O2/c14-11(10-3-6-15-8-10)13-7-9-1-4-12-5-2-9/h9-10,12H,1-8H2,(H,13,14). The largest absolute Gasteiger partial charge is 0.381 e. The average Bonchev–Trinajstić information content (AvgIpc) is 2.81. The fourth-order valence-corrected chi connectivity index (χ4v) is 2.22. The maximum absolute atomic E-state index is 11.7. The molecule has 0 aromatic carbocycles. The molecule has 0 aromatic heterocycles. The summed E-state index contributed by atoms with van der Waals surface area (Å²) in [5, 5.41) is 6.37. The van der Waals surface area contributed by atoms with Crippen LogP contribution < -0.4 is 10.6 Å². The van der Waals surface area contributed by atoms with Gasteiger partial charge in [0.25, 0.3) is 0 Å². The van der Waals surface area contributed by atoms with Gasteiger partial charge in [-0.05, 0) is 38.3 Å². The van der Waals surface area contributed by atoms with Crippen molar-refractivity contribution in [2.24, 2.45) is 11.8 Å². The van der Waals surface area contributed by atoms with Gasteiger partial charge >= 0.3 is 0 Å². The highest BCUT2D eigenvalue weighted by atomic mass is 16.5. The molecule has 0 bridgehead atoms. The van der Waals surface area contributed by atoms with Crippen molar-refractivity contribution in [1.82, 2.24) is 10.6 Å². The molecule has 0 radical (unpaired) electrons. The highest BCUT2D eigenvalue weighted by Gasteiger charge is 2.24. The van der Waals surface area contributed by atoms with Crippen molar-refractivity contribution in [3.63, 3.8) is 0 Å². The molecule has 1 atom stereocenters. The lowest BCUT2D eigenvalue weighted by Crippen LogP contribution is -2.38. The average molecular weight is 212 g/mol. The van der Waals surface area contributed by atoms with E-state index in [0.717, 1.165) is 32.7 Å². The molecule has 2 aliphatic heterocycles. The Morgan fingerprint density at radius 2 is 2.13 bits per heavy atom. The Kier molecular flexibility index (Phi) is 3.97. The van der Waals surface area contributed by atoms with Crippen LogP contribution in [0.2, 0.25) is 0 Å². The highest BCUT2D eigenvalue weighted by Crippen LogP contribution is 2.13. The third-order valence-electron chi connectivity index (χ3n) is 3.32. The molecule has 2 aliphatic rings. The summed E-state index contributed by atoms with van der Waals surface area (Å²) >= 11 is 0. The van der Waals surface area contributed by atoms with Crippen LogP contribution >= 0.6 is 0 Å². The van der Waals surface area contributed by atoms with Crippen LogP contribution in [-0.2, 0) is 9.53 Å². The molecule has 0 aliphatic carbocycles. The van der Waals surface area contributed by atoms with Crippen molar-refractivity contribution >= 4 is 5.91 Å². The normalized spacial score (nSPS) is 27.9. The van der Waals surface area contributed by atoms with Gasteiger partial charge in [-0.3, -0.25) is 4.79 Å². The van der Waals surface area contributed by atoms with E-state index in [2.05, 4.69) is 10.6 Å². The van der Waals surface area contributed by atoms with E-state index < -0.39 is 0 Å². The molecule has 1 amide bonds. The zero-order valence-corrected chi connectivity index (χ0v) is 9.13. The number of rotatable bonds is 3. The SMILES string of the molecule is O=C(NCC1CCNCC1)C1CCOC1. The van der Waals surface area contributed by atoms with Crippen molar-refractivity contribution in [2.45, 2.75) is 19.3 Å². The predicted molar refractivity (Wildman–Crippen MR) is 57.5 cm³/mol. The minimum absolute atomic E-state index is 0.103. The molecule has 2 fully saturated rings. The van der Waals surface area contributed by atoms with Crippen molar-refractivity contribution in [3.8, 4) is 0 Å². The summed E-state index contributed by atoms with van der Waals surface area (Å²) in [4.78, 5) is 11.7. The summed E-state index contributed by atoms with van der Waals surface area (Å²) in [7, 11) is 0. The molecule has 2 heterocycles. The number of piperidine rings is 1. The molecule has 2 N–H and O–H groups in total. The van der Waals surface area contributed by atoms with E-state index in [4.69, 9.17) is 4.74 Å². The number of amides is 1. The van der Waals surface area contributed by atoms with E-state index >= 15 is 0 Å². The summed E-state index contributed by atoms with van der Waals surface area (Å²) in [6.45, 7) is 4.38. The van der Waals surface area contributed by atoms with Crippen LogP contribution in [0.15, 0.2) is 0 Å². The second kappa shape index (κ2) is 5.47. The van der Waals surface area contributed by atoms with Crippen LogP contribution in [-0.4, -0.2) is 38.8 Å². The van der Waals surface area contributed by atoms with Crippen LogP contribution in [0.25, 0.3) is 0 Å². The maximum atomic E-state index is 11.7. The number of nitrogens with one attached hydrogen (secondary N) is 2. The zero-order chi connectivity index (χ0) is 10.5. The number of hydrogen-bond donors (Lipinski definition) is 2. The number of hydrogen-bond acceptors (Lipinski definition) is 3. The number of carbonyl (C=O) groups is 1.